The average molecular weight is 242 g/mol. The molecule has 0 bridgehead atoms. The third-order valence-electron chi connectivity index (χ3n) is 2.70. The van der Waals surface area contributed by atoms with E-state index in [9.17, 15) is 0 Å². The van der Waals surface area contributed by atoms with Crippen LogP contribution in [0, 0.1) is 0 Å². The molecule has 0 amide bonds. The Hall–Kier alpha value is -0.840. The zero-order valence-electron chi connectivity index (χ0n) is 9.37. The number of aromatic nitrogens is 1. The molecule has 2 heterocycles. The topological polar surface area (TPSA) is 37.4 Å². The van der Waals surface area contributed by atoms with E-state index in [0.717, 1.165) is 38.3 Å². The number of hydrogen-bond acceptors (Lipinski definition) is 4. The van der Waals surface area contributed by atoms with Gasteiger partial charge in [-0.15, -0.1) is 0 Å². The zero-order chi connectivity index (χ0) is 11.4. The maximum atomic E-state index is 5.82. The Labute approximate surface area is 101 Å². The SMILES string of the molecule is COc1nc(Cl)ccc1CN1CCNCC1. The van der Waals surface area contributed by atoms with Crippen molar-refractivity contribution >= 4 is 11.6 Å². The predicted molar refractivity (Wildman–Crippen MR) is 63.9 cm³/mol. The number of rotatable bonds is 3. The van der Waals surface area contributed by atoms with Crippen molar-refractivity contribution in [3.63, 3.8) is 0 Å². The lowest BCUT2D eigenvalue weighted by Crippen LogP contribution is -2.42. The molecule has 1 aliphatic rings. The lowest BCUT2D eigenvalue weighted by atomic mass is 10.2. The minimum absolute atomic E-state index is 0.473. The van der Waals surface area contributed by atoms with Gasteiger partial charge in [-0.25, -0.2) is 4.98 Å². The van der Waals surface area contributed by atoms with Crippen molar-refractivity contribution in [3.05, 3.63) is 22.8 Å². The second-order valence-corrected chi connectivity index (χ2v) is 4.22. The molecule has 1 aliphatic heterocycles. The van der Waals surface area contributed by atoms with E-state index in [0.29, 0.717) is 11.0 Å². The van der Waals surface area contributed by atoms with Gasteiger partial charge in [0.1, 0.15) is 5.15 Å². The summed E-state index contributed by atoms with van der Waals surface area (Å²) < 4.78 is 5.23. The summed E-state index contributed by atoms with van der Waals surface area (Å²) in [4.78, 5) is 6.54. The summed E-state index contributed by atoms with van der Waals surface area (Å²) in [7, 11) is 1.62. The lowest BCUT2D eigenvalue weighted by molar-refractivity contribution is 0.229. The molecule has 5 heteroatoms. The predicted octanol–water partition coefficient (Wildman–Crippen LogP) is 1.15. The number of pyridine rings is 1. The number of ether oxygens (including phenoxy) is 1. The van der Waals surface area contributed by atoms with Crippen molar-refractivity contribution in [2.45, 2.75) is 6.54 Å². The fourth-order valence-electron chi connectivity index (χ4n) is 1.85. The number of nitrogens with one attached hydrogen (secondary N) is 1. The van der Waals surface area contributed by atoms with E-state index >= 15 is 0 Å². The molecule has 0 atom stereocenters. The molecule has 1 saturated heterocycles. The van der Waals surface area contributed by atoms with Crippen LogP contribution < -0.4 is 10.1 Å². The molecule has 4 nitrogen and oxygen atoms in total. The van der Waals surface area contributed by atoms with E-state index in [1.165, 1.54) is 0 Å². The number of nitrogens with zero attached hydrogens (tertiary/aromatic N) is 2. The van der Waals surface area contributed by atoms with Crippen LogP contribution >= 0.6 is 11.6 Å². The highest BCUT2D eigenvalue weighted by atomic mass is 35.5. The van der Waals surface area contributed by atoms with Gasteiger partial charge in [-0.3, -0.25) is 4.90 Å². The third-order valence-corrected chi connectivity index (χ3v) is 2.91. The van der Waals surface area contributed by atoms with Crippen molar-refractivity contribution in [2.75, 3.05) is 33.3 Å². The van der Waals surface area contributed by atoms with E-state index in [1.807, 2.05) is 12.1 Å². The first-order chi connectivity index (χ1) is 7.79. The summed E-state index contributed by atoms with van der Waals surface area (Å²) in [5, 5.41) is 3.80. The first-order valence-electron chi connectivity index (χ1n) is 5.42. The standard InChI is InChI=1S/C11H16ClN3O/c1-16-11-9(2-3-10(12)14-11)8-15-6-4-13-5-7-15/h2-3,13H,4-8H2,1H3. The number of hydrogen-bond donors (Lipinski definition) is 1. The van der Waals surface area contributed by atoms with Gasteiger partial charge in [-0.2, -0.15) is 0 Å². The molecule has 0 spiro atoms. The molecule has 1 N–H and O–H groups in total. The summed E-state index contributed by atoms with van der Waals surface area (Å²) in [5.74, 6) is 0.631. The van der Waals surface area contributed by atoms with Gasteiger partial charge in [-0.1, -0.05) is 11.6 Å². The second kappa shape index (κ2) is 5.48. The molecule has 0 aliphatic carbocycles. The Kier molecular flexibility index (Phi) is 3.98. The molecule has 16 heavy (non-hydrogen) atoms. The van der Waals surface area contributed by atoms with Crippen LogP contribution in [0.15, 0.2) is 12.1 Å². The van der Waals surface area contributed by atoms with Gasteiger partial charge in [0.25, 0.3) is 0 Å². The normalized spacial score (nSPS) is 17.4. The van der Waals surface area contributed by atoms with E-state index in [2.05, 4.69) is 15.2 Å². The highest BCUT2D eigenvalue weighted by Crippen LogP contribution is 2.20. The van der Waals surface area contributed by atoms with Crippen molar-refractivity contribution in [1.29, 1.82) is 0 Å². The Balaban J connectivity index is 2.07. The Morgan fingerprint density at radius 1 is 1.44 bits per heavy atom. The number of halogens is 1. The maximum absolute atomic E-state index is 5.82. The minimum atomic E-state index is 0.473. The highest BCUT2D eigenvalue weighted by molar-refractivity contribution is 6.29. The first kappa shape index (κ1) is 11.6. The first-order valence-corrected chi connectivity index (χ1v) is 5.80. The van der Waals surface area contributed by atoms with Gasteiger partial charge in [0.05, 0.1) is 7.11 Å². The highest BCUT2D eigenvalue weighted by Gasteiger charge is 2.13. The number of piperazine rings is 1. The molecule has 0 saturated carbocycles. The van der Waals surface area contributed by atoms with E-state index in [1.54, 1.807) is 7.11 Å². The van der Waals surface area contributed by atoms with Crippen LogP contribution in [-0.4, -0.2) is 43.2 Å². The van der Waals surface area contributed by atoms with Gasteiger partial charge in [-0.05, 0) is 12.1 Å². The molecule has 0 aromatic carbocycles. The minimum Gasteiger partial charge on any atom is -0.481 e. The Bertz CT molecular complexity index is 353. The van der Waals surface area contributed by atoms with E-state index in [-0.39, 0.29) is 0 Å². The van der Waals surface area contributed by atoms with Crippen molar-refractivity contribution in [3.8, 4) is 5.88 Å². The molecule has 1 aromatic heterocycles. The van der Waals surface area contributed by atoms with Crippen molar-refractivity contribution in [2.24, 2.45) is 0 Å². The van der Waals surface area contributed by atoms with Gasteiger partial charge >= 0.3 is 0 Å². The lowest BCUT2D eigenvalue weighted by Gasteiger charge is -2.27. The van der Waals surface area contributed by atoms with Gasteiger partial charge in [0, 0.05) is 38.3 Å². The second-order valence-electron chi connectivity index (χ2n) is 3.83. The summed E-state index contributed by atoms with van der Waals surface area (Å²) in [6, 6.07) is 3.79. The van der Waals surface area contributed by atoms with Crippen LogP contribution in [-0.2, 0) is 6.54 Å². The molecule has 88 valence electrons. The van der Waals surface area contributed by atoms with Crippen LogP contribution in [0.2, 0.25) is 5.15 Å². The molecular weight excluding hydrogens is 226 g/mol. The van der Waals surface area contributed by atoms with E-state index < -0.39 is 0 Å². The van der Waals surface area contributed by atoms with Crippen LogP contribution in [0.5, 0.6) is 5.88 Å². The van der Waals surface area contributed by atoms with Crippen LogP contribution in [0.25, 0.3) is 0 Å². The summed E-state index contributed by atoms with van der Waals surface area (Å²) in [6.45, 7) is 5.08. The van der Waals surface area contributed by atoms with Gasteiger partial charge in [0.15, 0.2) is 0 Å². The van der Waals surface area contributed by atoms with Crippen molar-refractivity contribution in [1.82, 2.24) is 15.2 Å². The van der Waals surface area contributed by atoms with E-state index in [4.69, 9.17) is 16.3 Å². The van der Waals surface area contributed by atoms with Gasteiger partial charge < -0.3 is 10.1 Å². The Morgan fingerprint density at radius 3 is 2.88 bits per heavy atom. The zero-order valence-corrected chi connectivity index (χ0v) is 10.1. The summed E-state index contributed by atoms with van der Waals surface area (Å²) in [6.07, 6.45) is 0. The van der Waals surface area contributed by atoms with Crippen LogP contribution in [0.4, 0.5) is 0 Å². The summed E-state index contributed by atoms with van der Waals surface area (Å²) >= 11 is 5.82. The average Bonchev–Trinajstić information content (AvgIpc) is 2.33. The smallest absolute Gasteiger partial charge is 0.219 e. The van der Waals surface area contributed by atoms with Crippen molar-refractivity contribution < 1.29 is 4.74 Å². The number of methoxy groups -OCH3 is 1. The molecule has 0 unspecified atom stereocenters. The molecule has 1 aromatic rings. The largest absolute Gasteiger partial charge is 0.481 e. The fourth-order valence-corrected chi connectivity index (χ4v) is 1.99. The monoisotopic (exact) mass is 241 g/mol. The maximum Gasteiger partial charge on any atom is 0.219 e. The Morgan fingerprint density at radius 2 is 2.19 bits per heavy atom. The van der Waals surface area contributed by atoms with Crippen LogP contribution in [0.1, 0.15) is 5.56 Å². The van der Waals surface area contributed by atoms with Crippen LogP contribution in [0.3, 0.4) is 0 Å². The molecule has 2 rings (SSSR count). The quantitative estimate of drug-likeness (QED) is 0.806. The molecule has 0 radical (unpaired) electrons. The molecular formula is C11H16ClN3O. The summed E-state index contributed by atoms with van der Waals surface area (Å²) in [5.41, 5.74) is 1.09. The fraction of sp³-hybridized carbons (Fsp3) is 0.545. The van der Waals surface area contributed by atoms with Gasteiger partial charge in [0.2, 0.25) is 5.88 Å². The molecule has 1 fully saturated rings. The third kappa shape index (κ3) is 2.84.